The molecule has 5 heteroatoms. The van der Waals surface area contributed by atoms with Gasteiger partial charge in [-0.05, 0) is 36.8 Å². The Morgan fingerprint density at radius 2 is 2.19 bits per heavy atom. The van der Waals surface area contributed by atoms with E-state index in [1.165, 1.54) is 13.2 Å². The predicted molar refractivity (Wildman–Crippen MR) is 77.7 cm³/mol. The van der Waals surface area contributed by atoms with Gasteiger partial charge in [0.2, 0.25) is 0 Å². The number of amides is 1. The highest BCUT2D eigenvalue weighted by atomic mass is 19.1. The van der Waals surface area contributed by atoms with E-state index in [-0.39, 0.29) is 17.5 Å². The van der Waals surface area contributed by atoms with Crippen LogP contribution in [0.25, 0.3) is 0 Å². The Bertz CT molecular complexity index is 549. The van der Waals surface area contributed by atoms with Gasteiger partial charge in [0.1, 0.15) is 17.1 Å². The van der Waals surface area contributed by atoms with Gasteiger partial charge < -0.3 is 15.4 Å². The van der Waals surface area contributed by atoms with Gasteiger partial charge in [0.15, 0.2) is 0 Å². The molecule has 1 aliphatic heterocycles. The van der Waals surface area contributed by atoms with Crippen LogP contribution in [0.2, 0.25) is 0 Å². The zero-order valence-electron chi connectivity index (χ0n) is 12.2. The summed E-state index contributed by atoms with van der Waals surface area (Å²) in [5, 5.41) is 0. The largest absolute Gasteiger partial charge is 0.496 e. The molecule has 4 nitrogen and oxygen atoms in total. The molecule has 1 aromatic carbocycles. The first kappa shape index (κ1) is 14.3. The number of rotatable bonds is 2. The lowest BCUT2D eigenvalue weighted by molar-refractivity contribution is 0.0775. The van der Waals surface area contributed by atoms with Crippen LogP contribution in [-0.4, -0.2) is 37.0 Å². The van der Waals surface area contributed by atoms with E-state index in [0.29, 0.717) is 30.7 Å². The summed E-state index contributed by atoms with van der Waals surface area (Å²) >= 11 is 0. The number of benzene rings is 1. The van der Waals surface area contributed by atoms with E-state index in [1.54, 1.807) is 17.0 Å². The molecule has 1 aromatic rings. The third-order valence-corrected chi connectivity index (χ3v) is 4.85. The van der Waals surface area contributed by atoms with Gasteiger partial charge in [0.05, 0.1) is 7.11 Å². The van der Waals surface area contributed by atoms with Crippen LogP contribution in [-0.2, 0) is 0 Å². The van der Waals surface area contributed by atoms with E-state index in [0.717, 1.165) is 19.3 Å². The molecule has 2 N–H and O–H groups in total. The molecule has 0 spiro atoms. The summed E-state index contributed by atoms with van der Waals surface area (Å²) in [6, 6.07) is 4.62. The molecule has 1 aliphatic carbocycles. The van der Waals surface area contributed by atoms with Crippen LogP contribution < -0.4 is 10.5 Å². The molecule has 21 heavy (non-hydrogen) atoms. The van der Waals surface area contributed by atoms with Crippen molar-refractivity contribution in [3.63, 3.8) is 0 Å². The van der Waals surface area contributed by atoms with Crippen LogP contribution in [0.1, 0.15) is 29.6 Å². The fourth-order valence-electron chi connectivity index (χ4n) is 3.72. The Morgan fingerprint density at radius 3 is 2.90 bits per heavy atom. The Morgan fingerprint density at radius 1 is 1.38 bits per heavy atom. The summed E-state index contributed by atoms with van der Waals surface area (Å²) < 4.78 is 19.2. The van der Waals surface area contributed by atoms with Crippen molar-refractivity contribution in [2.45, 2.75) is 25.3 Å². The lowest BCUT2D eigenvalue weighted by atomic mass is 9.78. The number of fused-ring (bicyclic) bond motifs is 1. The Balaban J connectivity index is 1.84. The summed E-state index contributed by atoms with van der Waals surface area (Å²) in [7, 11) is 1.45. The fraction of sp³-hybridized carbons (Fsp3) is 0.562. The second-order valence-corrected chi connectivity index (χ2v) is 6.05. The molecular weight excluding hydrogens is 271 g/mol. The molecule has 1 saturated carbocycles. The molecule has 0 aromatic heterocycles. The van der Waals surface area contributed by atoms with Gasteiger partial charge in [-0.25, -0.2) is 4.39 Å². The third-order valence-electron chi connectivity index (χ3n) is 4.85. The van der Waals surface area contributed by atoms with Crippen LogP contribution in [0.15, 0.2) is 18.2 Å². The normalized spacial score (nSPS) is 28.3. The summed E-state index contributed by atoms with van der Waals surface area (Å²) in [5.41, 5.74) is 6.20. The molecular formula is C16H21FN2O2. The van der Waals surface area contributed by atoms with Crippen molar-refractivity contribution >= 4 is 5.91 Å². The molecule has 2 fully saturated rings. The Kier molecular flexibility index (Phi) is 3.85. The van der Waals surface area contributed by atoms with E-state index >= 15 is 0 Å². The van der Waals surface area contributed by atoms with Gasteiger partial charge in [-0.15, -0.1) is 0 Å². The van der Waals surface area contributed by atoms with Crippen molar-refractivity contribution in [1.29, 1.82) is 0 Å². The van der Waals surface area contributed by atoms with E-state index in [1.807, 2.05) is 0 Å². The van der Waals surface area contributed by atoms with Gasteiger partial charge in [-0.2, -0.15) is 0 Å². The number of hydrogen-bond acceptors (Lipinski definition) is 3. The molecule has 3 unspecified atom stereocenters. The standard InChI is InChI=1S/C16H21FN2O2/c1-21-14-7-3-5-12(17)15(14)16(20)19-8-10-4-2-6-13(18)11(10)9-19/h3,5,7,10-11,13H,2,4,6,8-9,18H2,1H3. The zero-order chi connectivity index (χ0) is 15.0. The average Bonchev–Trinajstić information content (AvgIpc) is 2.92. The molecule has 3 atom stereocenters. The first-order valence-corrected chi connectivity index (χ1v) is 7.49. The third kappa shape index (κ3) is 2.50. The van der Waals surface area contributed by atoms with Crippen LogP contribution in [0.4, 0.5) is 4.39 Å². The van der Waals surface area contributed by atoms with Crippen LogP contribution in [0, 0.1) is 17.7 Å². The van der Waals surface area contributed by atoms with E-state index in [4.69, 9.17) is 10.5 Å². The Hall–Kier alpha value is -1.62. The van der Waals surface area contributed by atoms with E-state index in [9.17, 15) is 9.18 Å². The average molecular weight is 292 g/mol. The van der Waals surface area contributed by atoms with Gasteiger partial charge in [0, 0.05) is 19.1 Å². The number of nitrogens with two attached hydrogens (primary N) is 1. The molecule has 0 bridgehead atoms. The molecule has 1 amide bonds. The zero-order valence-corrected chi connectivity index (χ0v) is 12.2. The number of ether oxygens (including phenoxy) is 1. The lowest BCUT2D eigenvalue weighted by Gasteiger charge is -2.29. The fourth-order valence-corrected chi connectivity index (χ4v) is 3.72. The second kappa shape index (κ2) is 5.64. The molecule has 114 valence electrons. The minimum Gasteiger partial charge on any atom is -0.496 e. The Labute approximate surface area is 124 Å². The van der Waals surface area contributed by atoms with Crippen molar-refractivity contribution in [3.05, 3.63) is 29.6 Å². The first-order valence-electron chi connectivity index (χ1n) is 7.49. The second-order valence-electron chi connectivity index (χ2n) is 6.05. The van der Waals surface area contributed by atoms with Crippen LogP contribution in [0.5, 0.6) is 5.75 Å². The highest BCUT2D eigenvalue weighted by Crippen LogP contribution is 2.37. The van der Waals surface area contributed by atoms with Gasteiger partial charge in [-0.3, -0.25) is 4.79 Å². The number of carbonyl (C=O) groups excluding carboxylic acids is 1. The summed E-state index contributed by atoms with van der Waals surface area (Å²) in [4.78, 5) is 14.4. The minimum atomic E-state index is -0.529. The van der Waals surface area contributed by atoms with Crippen molar-refractivity contribution in [2.75, 3.05) is 20.2 Å². The number of methoxy groups -OCH3 is 1. The quantitative estimate of drug-likeness (QED) is 0.907. The lowest BCUT2D eigenvalue weighted by Crippen LogP contribution is -2.38. The maximum absolute atomic E-state index is 14.0. The smallest absolute Gasteiger partial charge is 0.260 e. The molecule has 1 saturated heterocycles. The molecule has 1 heterocycles. The highest BCUT2D eigenvalue weighted by molar-refractivity contribution is 5.97. The molecule has 2 aliphatic rings. The molecule has 0 radical (unpaired) electrons. The number of hydrogen-bond donors (Lipinski definition) is 1. The van der Waals surface area contributed by atoms with Crippen LogP contribution in [0.3, 0.4) is 0 Å². The highest BCUT2D eigenvalue weighted by Gasteiger charge is 2.41. The van der Waals surface area contributed by atoms with E-state index < -0.39 is 5.82 Å². The predicted octanol–water partition coefficient (Wildman–Crippen LogP) is 2.03. The van der Waals surface area contributed by atoms with Gasteiger partial charge in [-0.1, -0.05) is 12.5 Å². The summed E-state index contributed by atoms with van der Waals surface area (Å²) in [6.07, 6.45) is 3.25. The maximum Gasteiger partial charge on any atom is 0.260 e. The SMILES string of the molecule is COc1cccc(F)c1C(=O)N1CC2CCCC(N)C2C1. The topological polar surface area (TPSA) is 55.6 Å². The van der Waals surface area contributed by atoms with Crippen molar-refractivity contribution in [2.24, 2.45) is 17.6 Å². The van der Waals surface area contributed by atoms with Gasteiger partial charge in [0.25, 0.3) is 5.91 Å². The number of likely N-dealkylation sites (tertiary alicyclic amines) is 1. The van der Waals surface area contributed by atoms with Crippen molar-refractivity contribution in [3.8, 4) is 5.75 Å². The van der Waals surface area contributed by atoms with Crippen molar-refractivity contribution in [1.82, 2.24) is 4.90 Å². The van der Waals surface area contributed by atoms with Crippen molar-refractivity contribution < 1.29 is 13.9 Å². The van der Waals surface area contributed by atoms with Gasteiger partial charge >= 0.3 is 0 Å². The molecule has 3 rings (SSSR count). The van der Waals surface area contributed by atoms with E-state index in [2.05, 4.69) is 0 Å². The minimum absolute atomic E-state index is 0.0345. The number of carbonyl (C=O) groups is 1. The maximum atomic E-state index is 14.0. The first-order chi connectivity index (χ1) is 10.1. The summed E-state index contributed by atoms with van der Waals surface area (Å²) in [5.74, 6) is 0.278. The number of nitrogens with zero attached hydrogens (tertiary/aromatic N) is 1. The van der Waals surface area contributed by atoms with Crippen LogP contribution >= 0.6 is 0 Å². The number of halogens is 1. The monoisotopic (exact) mass is 292 g/mol. The summed E-state index contributed by atoms with van der Waals surface area (Å²) in [6.45, 7) is 1.30.